The Hall–Kier alpha value is -2.47. The van der Waals surface area contributed by atoms with E-state index in [1.807, 2.05) is 6.21 Å². The number of hydrazone groups is 1. The third kappa shape index (κ3) is 3.67. The van der Waals surface area contributed by atoms with Gasteiger partial charge in [0.2, 0.25) is 0 Å². The van der Waals surface area contributed by atoms with Gasteiger partial charge in [0.05, 0.1) is 11.6 Å². The van der Waals surface area contributed by atoms with E-state index in [1.54, 1.807) is 17.7 Å². The molecular weight excluding hydrogens is 354 g/mol. The molecule has 0 spiro atoms. The highest BCUT2D eigenvalue weighted by Gasteiger charge is 2.19. The summed E-state index contributed by atoms with van der Waals surface area (Å²) in [6, 6.07) is 8.49. The maximum atomic E-state index is 4.47. The molecule has 2 heterocycles. The maximum absolute atomic E-state index is 4.47. The van der Waals surface area contributed by atoms with Gasteiger partial charge in [-0.15, -0.1) is 11.3 Å². The predicted octanol–water partition coefficient (Wildman–Crippen LogP) is 4.86. The van der Waals surface area contributed by atoms with E-state index < -0.39 is 0 Å². The Labute approximate surface area is 164 Å². The number of hydrogen-bond donors (Lipinski definition) is 1. The molecule has 1 aliphatic carbocycles. The molecule has 0 aliphatic heterocycles. The molecule has 0 bridgehead atoms. The van der Waals surface area contributed by atoms with Crippen molar-refractivity contribution < 1.29 is 0 Å². The zero-order chi connectivity index (χ0) is 18.6. The Kier molecular flexibility index (Phi) is 5.34. The monoisotopic (exact) mass is 379 g/mol. The van der Waals surface area contributed by atoms with Crippen molar-refractivity contribution in [3.63, 3.8) is 0 Å². The molecule has 6 heteroatoms. The van der Waals surface area contributed by atoms with E-state index >= 15 is 0 Å². The van der Waals surface area contributed by atoms with E-state index in [0.717, 1.165) is 47.5 Å². The lowest BCUT2D eigenvalue weighted by molar-refractivity contribution is 0.700. The van der Waals surface area contributed by atoms with Crippen molar-refractivity contribution in [2.75, 3.05) is 23.4 Å². The lowest BCUT2D eigenvalue weighted by Gasteiger charge is -2.20. The fourth-order valence-corrected chi connectivity index (χ4v) is 4.93. The summed E-state index contributed by atoms with van der Waals surface area (Å²) in [6.07, 6.45) is 8.28. The van der Waals surface area contributed by atoms with Crippen LogP contribution in [0.4, 0.5) is 11.5 Å². The topological polar surface area (TPSA) is 53.4 Å². The fraction of sp³-hybridized carbons (Fsp3) is 0.381. The number of nitrogens with zero attached hydrogens (tertiary/aromatic N) is 4. The van der Waals surface area contributed by atoms with Crippen LogP contribution in [0.25, 0.3) is 10.2 Å². The van der Waals surface area contributed by atoms with Crippen LogP contribution >= 0.6 is 11.3 Å². The van der Waals surface area contributed by atoms with E-state index in [1.165, 1.54) is 29.0 Å². The van der Waals surface area contributed by atoms with Crippen molar-refractivity contribution in [3.8, 4) is 0 Å². The van der Waals surface area contributed by atoms with Crippen LogP contribution in [0.3, 0.4) is 0 Å². The molecule has 0 unspecified atom stereocenters. The third-order valence-electron chi connectivity index (χ3n) is 5.16. The molecule has 0 fully saturated rings. The third-order valence-corrected chi connectivity index (χ3v) is 6.36. The number of fused-ring (bicyclic) bond motifs is 3. The van der Waals surface area contributed by atoms with Gasteiger partial charge in [-0.1, -0.05) is 12.1 Å². The first-order chi connectivity index (χ1) is 13.3. The average Bonchev–Trinajstić information content (AvgIpc) is 3.09. The smallest absolute Gasteiger partial charge is 0.158 e. The van der Waals surface area contributed by atoms with Crippen LogP contribution in [0.2, 0.25) is 0 Å². The molecule has 0 saturated heterocycles. The van der Waals surface area contributed by atoms with Crippen LogP contribution in [0.1, 0.15) is 42.7 Å². The average molecular weight is 380 g/mol. The molecule has 140 valence electrons. The Morgan fingerprint density at radius 3 is 2.67 bits per heavy atom. The predicted molar refractivity (Wildman–Crippen MR) is 115 cm³/mol. The second kappa shape index (κ2) is 8.05. The van der Waals surface area contributed by atoms with Gasteiger partial charge in [0.25, 0.3) is 0 Å². The number of anilines is 2. The van der Waals surface area contributed by atoms with Gasteiger partial charge in [-0.3, -0.25) is 5.43 Å². The standard InChI is InChI=1S/C21H25N5S/c1-3-26(4-2)16-11-9-15(10-12-16)13-24-25-20-19-17-7-5-6-8-18(17)27-21(19)23-14-22-20/h9-14H,3-8H2,1-2H3,(H,22,23,25). The van der Waals surface area contributed by atoms with Crippen molar-refractivity contribution >= 4 is 39.3 Å². The number of hydrogen-bond acceptors (Lipinski definition) is 6. The molecular formula is C21H25N5S. The minimum Gasteiger partial charge on any atom is -0.372 e. The molecule has 0 atom stereocenters. The summed E-state index contributed by atoms with van der Waals surface area (Å²) in [5.41, 5.74) is 6.88. The van der Waals surface area contributed by atoms with E-state index in [9.17, 15) is 0 Å². The molecule has 2 aromatic heterocycles. The van der Waals surface area contributed by atoms with Crippen molar-refractivity contribution in [1.82, 2.24) is 9.97 Å². The summed E-state index contributed by atoms with van der Waals surface area (Å²) in [5, 5.41) is 5.59. The van der Waals surface area contributed by atoms with E-state index in [0.29, 0.717) is 0 Å². The second-order valence-electron chi connectivity index (χ2n) is 6.75. The SMILES string of the molecule is CCN(CC)c1ccc(C=NNc2ncnc3sc4c(c23)CCCC4)cc1. The van der Waals surface area contributed by atoms with Gasteiger partial charge in [-0.05, 0) is 62.8 Å². The highest BCUT2D eigenvalue weighted by atomic mass is 32.1. The highest BCUT2D eigenvalue weighted by Crippen LogP contribution is 2.38. The summed E-state index contributed by atoms with van der Waals surface area (Å²) in [6.45, 7) is 6.38. The Balaban J connectivity index is 1.52. The number of nitrogens with one attached hydrogen (secondary N) is 1. The van der Waals surface area contributed by atoms with Crippen LogP contribution in [0, 0.1) is 0 Å². The zero-order valence-corrected chi connectivity index (χ0v) is 16.7. The Morgan fingerprint density at radius 1 is 1.11 bits per heavy atom. The first-order valence-corrected chi connectivity index (χ1v) is 10.5. The maximum Gasteiger partial charge on any atom is 0.158 e. The van der Waals surface area contributed by atoms with Gasteiger partial charge in [0.15, 0.2) is 5.82 Å². The molecule has 0 amide bonds. The summed E-state index contributed by atoms with van der Waals surface area (Å²) in [5.74, 6) is 0.815. The van der Waals surface area contributed by atoms with Crippen LogP contribution in [-0.2, 0) is 12.8 Å². The molecule has 1 aliphatic rings. The Bertz CT molecular complexity index is 941. The lowest BCUT2D eigenvalue weighted by atomic mass is 9.97. The molecule has 3 aromatic rings. The number of rotatable bonds is 6. The molecule has 4 rings (SSSR count). The molecule has 0 radical (unpaired) electrons. The number of thiophene rings is 1. The van der Waals surface area contributed by atoms with Gasteiger partial charge < -0.3 is 4.90 Å². The van der Waals surface area contributed by atoms with Gasteiger partial charge in [0.1, 0.15) is 11.2 Å². The van der Waals surface area contributed by atoms with Crippen LogP contribution in [0.15, 0.2) is 35.7 Å². The van der Waals surface area contributed by atoms with Crippen molar-refractivity contribution in [2.45, 2.75) is 39.5 Å². The quantitative estimate of drug-likeness (QED) is 0.491. The first-order valence-electron chi connectivity index (χ1n) is 9.69. The van der Waals surface area contributed by atoms with E-state index in [-0.39, 0.29) is 0 Å². The van der Waals surface area contributed by atoms with Crippen molar-refractivity contribution in [2.24, 2.45) is 5.10 Å². The molecule has 27 heavy (non-hydrogen) atoms. The number of benzene rings is 1. The molecule has 1 N–H and O–H groups in total. The lowest BCUT2D eigenvalue weighted by Crippen LogP contribution is -2.21. The molecule has 1 aromatic carbocycles. The first kappa shape index (κ1) is 17.9. The normalized spacial score (nSPS) is 13.9. The summed E-state index contributed by atoms with van der Waals surface area (Å²) >= 11 is 1.80. The fourth-order valence-electron chi connectivity index (χ4n) is 3.70. The van der Waals surface area contributed by atoms with Gasteiger partial charge in [-0.2, -0.15) is 5.10 Å². The zero-order valence-electron chi connectivity index (χ0n) is 15.9. The largest absolute Gasteiger partial charge is 0.372 e. The highest BCUT2D eigenvalue weighted by molar-refractivity contribution is 7.19. The van der Waals surface area contributed by atoms with Crippen molar-refractivity contribution in [1.29, 1.82) is 0 Å². The minimum atomic E-state index is 0.815. The molecule has 5 nitrogen and oxygen atoms in total. The van der Waals surface area contributed by atoms with Crippen LogP contribution in [0.5, 0.6) is 0 Å². The summed E-state index contributed by atoms with van der Waals surface area (Å²) < 4.78 is 0. The minimum absolute atomic E-state index is 0.815. The van der Waals surface area contributed by atoms with E-state index in [4.69, 9.17) is 0 Å². The van der Waals surface area contributed by atoms with E-state index in [2.05, 4.69) is 63.5 Å². The Morgan fingerprint density at radius 2 is 1.89 bits per heavy atom. The van der Waals surface area contributed by atoms with Gasteiger partial charge in [-0.25, -0.2) is 9.97 Å². The summed E-state index contributed by atoms with van der Waals surface area (Å²) in [4.78, 5) is 13.8. The summed E-state index contributed by atoms with van der Waals surface area (Å²) in [7, 11) is 0. The van der Waals surface area contributed by atoms with Gasteiger partial charge in [0, 0.05) is 23.7 Å². The van der Waals surface area contributed by atoms with Gasteiger partial charge >= 0.3 is 0 Å². The number of aryl methyl sites for hydroxylation is 2. The number of aromatic nitrogens is 2. The van der Waals surface area contributed by atoms with Crippen LogP contribution in [-0.4, -0.2) is 29.3 Å². The molecule has 0 saturated carbocycles. The van der Waals surface area contributed by atoms with Crippen LogP contribution < -0.4 is 10.3 Å². The second-order valence-corrected chi connectivity index (χ2v) is 7.83. The van der Waals surface area contributed by atoms with Crippen molar-refractivity contribution in [3.05, 3.63) is 46.6 Å².